The molecule has 0 atom stereocenters. The summed E-state index contributed by atoms with van der Waals surface area (Å²) in [5.41, 5.74) is 1.87. The summed E-state index contributed by atoms with van der Waals surface area (Å²) in [6.45, 7) is 0. The molecule has 1 aliphatic rings. The van der Waals surface area contributed by atoms with Crippen LogP contribution in [0.25, 0.3) is 0 Å². The van der Waals surface area contributed by atoms with E-state index in [1.807, 2.05) is 24.3 Å². The number of nitrogens with zero attached hydrogens (tertiary/aromatic N) is 1. The van der Waals surface area contributed by atoms with Gasteiger partial charge >= 0.3 is 0 Å². The zero-order valence-electron chi connectivity index (χ0n) is 9.58. The summed E-state index contributed by atoms with van der Waals surface area (Å²) in [6.07, 6.45) is 8.00. The quantitative estimate of drug-likeness (QED) is 0.762. The standard InChI is InChI=1S/C14H18N2/c15-11-12-7-9-14(10-8-12)16-13-5-3-1-2-4-6-13/h7-10,13,16H,1-6H2. The fourth-order valence-corrected chi connectivity index (χ4v) is 2.30. The first-order chi connectivity index (χ1) is 7.88. The SMILES string of the molecule is N#Cc1ccc(NC2CCCCCC2)cc1. The molecule has 1 saturated carbocycles. The van der Waals surface area contributed by atoms with Crippen LogP contribution in [-0.4, -0.2) is 6.04 Å². The summed E-state index contributed by atoms with van der Waals surface area (Å²) in [5.74, 6) is 0. The minimum Gasteiger partial charge on any atom is -0.382 e. The molecular formula is C14H18N2. The van der Waals surface area contributed by atoms with Crippen molar-refractivity contribution in [2.24, 2.45) is 0 Å². The van der Waals surface area contributed by atoms with Crippen LogP contribution in [0.5, 0.6) is 0 Å². The molecule has 0 amide bonds. The van der Waals surface area contributed by atoms with Crippen molar-refractivity contribution in [2.75, 3.05) is 5.32 Å². The molecule has 0 bridgehead atoms. The molecule has 2 heteroatoms. The Hall–Kier alpha value is -1.49. The average Bonchev–Trinajstić information content (AvgIpc) is 2.59. The molecule has 0 heterocycles. The van der Waals surface area contributed by atoms with E-state index in [2.05, 4.69) is 11.4 Å². The Morgan fingerprint density at radius 2 is 1.62 bits per heavy atom. The van der Waals surface area contributed by atoms with Crippen molar-refractivity contribution in [1.29, 1.82) is 5.26 Å². The van der Waals surface area contributed by atoms with Crippen molar-refractivity contribution in [3.63, 3.8) is 0 Å². The zero-order chi connectivity index (χ0) is 11.2. The van der Waals surface area contributed by atoms with Crippen LogP contribution < -0.4 is 5.32 Å². The van der Waals surface area contributed by atoms with Gasteiger partial charge in [0.15, 0.2) is 0 Å². The molecule has 2 nitrogen and oxygen atoms in total. The van der Waals surface area contributed by atoms with E-state index in [1.165, 1.54) is 38.5 Å². The maximum atomic E-state index is 8.72. The van der Waals surface area contributed by atoms with Crippen LogP contribution in [0.2, 0.25) is 0 Å². The van der Waals surface area contributed by atoms with Crippen molar-refractivity contribution < 1.29 is 0 Å². The molecule has 0 radical (unpaired) electrons. The van der Waals surface area contributed by atoms with Gasteiger partial charge in [0, 0.05) is 11.7 Å². The summed E-state index contributed by atoms with van der Waals surface area (Å²) in [4.78, 5) is 0. The van der Waals surface area contributed by atoms with Crippen molar-refractivity contribution in [3.05, 3.63) is 29.8 Å². The molecule has 0 unspecified atom stereocenters. The number of hydrogen-bond acceptors (Lipinski definition) is 2. The molecule has 1 aromatic carbocycles. The topological polar surface area (TPSA) is 35.8 Å². The molecular weight excluding hydrogens is 196 g/mol. The highest BCUT2D eigenvalue weighted by Crippen LogP contribution is 2.21. The van der Waals surface area contributed by atoms with E-state index in [4.69, 9.17) is 5.26 Å². The number of nitriles is 1. The Morgan fingerprint density at radius 3 is 2.19 bits per heavy atom. The fourth-order valence-electron chi connectivity index (χ4n) is 2.30. The smallest absolute Gasteiger partial charge is 0.0991 e. The maximum Gasteiger partial charge on any atom is 0.0991 e. The maximum absolute atomic E-state index is 8.72. The highest BCUT2D eigenvalue weighted by Gasteiger charge is 2.11. The van der Waals surface area contributed by atoms with Crippen LogP contribution in [0.15, 0.2) is 24.3 Å². The largest absolute Gasteiger partial charge is 0.382 e. The monoisotopic (exact) mass is 214 g/mol. The highest BCUT2D eigenvalue weighted by atomic mass is 14.9. The van der Waals surface area contributed by atoms with Gasteiger partial charge in [-0.25, -0.2) is 0 Å². The lowest BCUT2D eigenvalue weighted by Crippen LogP contribution is -2.18. The molecule has 0 aromatic heterocycles. The Labute approximate surface area is 97.3 Å². The van der Waals surface area contributed by atoms with E-state index < -0.39 is 0 Å². The summed E-state index contributed by atoms with van der Waals surface area (Å²) >= 11 is 0. The van der Waals surface area contributed by atoms with Gasteiger partial charge in [-0.2, -0.15) is 5.26 Å². The second-order valence-electron chi connectivity index (χ2n) is 4.52. The molecule has 1 aromatic rings. The van der Waals surface area contributed by atoms with Gasteiger partial charge < -0.3 is 5.32 Å². The van der Waals surface area contributed by atoms with Gasteiger partial charge in [0.05, 0.1) is 11.6 Å². The molecule has 1 N–H and O–H groups in total. The number of anilines is 1. The normalized spacial score (nSPS) is 17.4. The third kappa shape index (κ3) is 3.00. The molecule has 2 rings (SSSR count). The summed E-state index contributed by atoms with van der Waals surface area (Å²) in [7, 11) is 0. The van der Waals surface area contributed by atoms with E-state index >= 15 is 0 Å². The summed E-state index contributed by atoms with van der Waals surface area (Å²) < 4.78 is 0. The van der Waals surface area contributed by atoms with Crippen LogP contribution in [0.4, 0.5) is 5.69 Å². The summed E-state index contributed by atoms with van der Waals surface area (Å²) in [5, 5.41) is 12.3. The Kier molecular flexibility index (Phi) is 3.82. The van der Waals surface area contributed by atoms with Crippen LogP contribution in [0.3, 0.4) is 0 Å². The minimum absolute atomic E-state index is 0.621. The van der Waals surface area contributed by atoms with Crippen LogP contribution >= 0.6 is 0 Å². The van der Waals surface area contributed by atoms with Crippen molar-refractivity contribution >= 4 is 5.69 Å². The Bertz CT molecular complexity index is 353. The van der Waals surface area contributed by atoms with Crippen LogP contribution in [-0.2, 0) is 0 Å². The van der Waals surface area contributed by atoms with Gasteiger partial charge in [0.25, 0.3) is 0 Å². The number of nitrogens with one attached hydrogen (secondary N) is 1. The van der Waals surface area contributed by atoms with Crippen molar-refractivity contribution in [1.82, 2.24) is 0 Å². The molecule has 1 aliphatic carbocycles. The predicted octanol–water partition coefficient (Wildman–Crippen LogP) is 3.69. The van der Waals surface area contributed by atoms with E-state index in [1.54, 1.807) is 0 Å². The van der Waals surface area contributed by atoms with Crippen LogP contribution in [0, 0.1) is 11.3 Å². The zero-order valence-corrected chi connectivity index (χ0v) is 9.58. The van der Waals surface area contributed by atoms with Gasteiger partial charge in [-0.3, -0.25) is 0 Å². The number of benzene rings is 1. The van der Waals surface area contributed by atoms with Gasteiger partial charge in [-0.15, -0.1) is 0 Å². The average molecular weight is 214 g/mol. The highest BCUT2D eigenvalue weighted by molar-refractivity contribution is 5.47. The molecule has 0 saturated heterocycles. The third-order valence-corrected chi connectivity index (χ3v) is 3.24. The lowest BCUT2D eigenvalue weighted by molar-refractivity contribution is 0.620. The Morgan fingerprint density at radius 1 is 1.00 bits per heavy atom. The molecule has 0 spiro atoms. The van der Waals surface area contributed by atoms with Crippen molar-refractivity contribution in [2.45, 2.75) is 44.6 Å². The van der Waals surface area contributed by atoms with E-state index in [-0.39, 0.29) is 0 Å². The lowest BCUT2D eigenvalue weighted by atomic mass is 10.1. The van der Waals surface area contributed by atoms with Crippen LogP contribution in [0.1, 0.15) is 44.1 Å². The first-order valence-corrected chi connectivity index (χ1v) is 6.15. The first kappa shape index (κ1) is 11.0. The minimum atomic E-state index is 0.621. The van der Waals surface area contributed by atoms with Crippen molar-refractivity contribution in [3.8, 4) is 6.07 Å². The first-order valence-electron chi connectivity index (χ1n) is 6.15. The molecule has 1 fully saturated rings. The summed E-state index contributed by atoms with van der Waals surface area (Å²) in [6, 6.07) is 10.5. The third-order valence-electron chi connectivity index (χ3n) is 3.24. The second-order valence-corrected chi connectivity index (χ2v) is 4.52. The Balaban J connectivity index is 1.94. The molecule has 16 heavy (non-hydrogen) atoms. The predicted molar refractivity (Wildman–Crippen MR) is 66.3 cm³/mol. The van der Waals surface area contributed by atoms with E-state index in [0.717, 1.165) is 11.3 Å². The second kappa shape index (κ2) is 5.55. The molecule has 84 valence electrons. The van der Waals surface area contributed by atoms with Gasteiger partial charge in [-0.05, 0) is 37.1 Å². The van der Waals surface area contributed by atoms with E-state index in [9.17, 15) is 0 Å². The van der Waals surface area contributed by atoms with Gasteiger partial charge in [-0.1, -0.05) is 25.7 Å². The molecule has 0 aliphatic heterocycles. The van der Waals surface area contributed by atoms with Gasteiger partial charge in [0.2, 0.25) is 0 Å². The van der Waals surface area contributed by atoms with Gasteiger partial charge in [0.1, 0.15) is 0 Å². The number of hydrogen-bond donors (Lipinski definition) is 1. The lowest BCUT2D eigenvalue weighted by Gasteiger charge is -2.17. The number of rotatable bonds is 2. The van der Waals surface area contributed by atoms with E-state index in [0.29, 0.717) is 6.04 Å². The fraction of sp³-hybridized carbons (Fsp3) is 0.500.